The number of thiazole rings is 1. The Kier molecular flexibility index (Phi) is 5.44. The number of rotatable bonds is 6. The maximum Gasteiger partial charge on any atom is 0.270 e. The smallest absolute Gasteiger partial charge is 0.270 e. The van der Waals surface area contributed by atoms with Crippen LogP contribution in [0, 0.1) is 5.82 Å². The van der Waals surface area contributed by atoms with Crippen molar-refractivity contribution < 1.29 is 13.9 Å². The number of hydrogen-bond acceptors (Lipinski definition) is 4. The minimum absolute atomic E-state index is 0.126. The van der Waals surface area contributed by atoms with Crippen molar-refractivity contribution in [3.63, 3.8) is 0 Å². The Balaban J connectivity index is 1.72. The van der Waals surface area contributed by atoms with E-state index in [0.29, 0.717) is 11.3 Å². The van der Waals surface area contributed by atoms with Crippen molar-refractivity contribution in [2.75, 3.05) is 13.7 Å². The summed E-state index contributed by atoms with van der Waals surface area (Å²) in [6, 6.07) is 16.1. The second-order valence-corrected chi connectivity index (χ2v) is 6.86. The number of benzene rings is 2. The molecule has 1 heterocycles. The summed E-state index contributed by atoms with van der Waals surface area (Å²) in [7, 11) is 1.49. The van der Waals surface area contributed by atoms with Crippen molar-refractivity contribution >= 4 is 17.2 Å². The molecule has 1 amide bonds. The molecule has 6 heteroatoms. The molecule has 4 nitrogen and oxygen atoms in total. The van der Waals surface area contributed by atoms with Gasteiger partial charge in [-0.1, -0.05) is 48.5 Å². The van der Waals surface area contributed by atoms with Crippen LogP contribution < -0.4 is 5.32 Å². The van der Waals surface area contributed by atoms with E-state index in [-0.39, 0.29) is 18.3 Å². The van der Waals surface area contributed by atoms with Crippen LogP contribution in [0.2, 0.25) is 0 Å². The number of aromatic nitrogens is 1. The number of methoxy groups -OCH3 is 1. The summed E-state index contributed by atoms with van der Waals surface area (Å²) < 4.78 is 19.6. The molecule has 1 atom stereocenters. The number of nitrogens with zero attached hydrogens (tertiary/aromatic N) is 1. The maximum atomic E-state index is 14.1. The van der Waals surface area contributed by atoms with Crippen LogP contribution in [0.3, 0.4) is 0 Å². The van der Waals surface area contributed by atoms with Crippen LogP contribution in [0.15, 0.2) is 60.0 Å². The van der Waals surface area contributed by atoms with Gasteiger partial charge in [-0.25, -0.2) is 9.37 Å². The molecule has 0 bridgehead atoms. The molecule has 0 radical (unpaired) electrons. The van der Waals surface area contributed by atoms with Crippen molar-refractivity contribution in [2.24, 2.45) is 0 Å². The lowest BCUT2D eigenvalue weighted by atomic mass is 9.95. The molecule has 0 saturated heterocycles. The van der Waals surface area contributed by atoms with Gasteiger partial charge in [-0.05, 0) is 13.0 Å². The quantitative estimate of drug-likeness (QED) is 0.706. The average Bonchev–Trinajstić information content (AvgIpc) is 3.17. The lowest BCUT2D eigenvalue weighted by Gasteiger charge is -2.29. The Morgan fingerprint density at radius 3 is 2.58 bits per heavy atom. The fourth-order valence-corrected chi connectivity index (χ4v) is 3.40. The summed E-state index contributed by atoms with van der Waals surface area (Å²) in [4.78, 5) is 16.8. The van der Waals surface area contributed by atoms with Gasteiger partial charge in [0.15, 0.2) is 0 Å². The van der Waals surface area contributed by atoms with E-state index >= 15 is 0 Å². The molecule has 0 saturated carbocycles. The molecule has 0 aliphatic carbocycles. The molecular weight excluding hydrogens is 351 g/mol. The lowest BCUT2D eigenvalue weighted by Crippen LogP contribution is -2.40. The molecule has 2 aromatic carbocycles. The molecular formula is C20H19FN2O2S. The number of halogens is 1. The van der Waals surface area contributed by atoms with Crippen molar-refractivity contribution in [3.8, 4) is 10.6 Å². The highest BCUT2D eigenvalue weighted by molar-refractivity contribution is 7.13. The molecule has 1 aromatic heterocycles. The zero-order valence-corrected chi connectivity index (χ0v) is 15.3. The number of nitrogens with one attached hydrogen (secondary N) is 1. The number of ether oxygens (including phenoxy) is 1. The minimum Gasteiger partial charge on any atom is -0.372 e. The minimum atomic E-state index is -0.973. The number of hydrogen-bond donors (Lipinski definition) is 1. The van der Waals surface area contributed by atoms with Gasteiger partial charge in [0.1, 0.15) is 22.1 Å². The van der Waals surface area contributed by atoms with Crippen molar-refractivity contribution in [3.05, 3.63) is 77.1 Å². The van der Waals surface area contributed by atoms with E-state index in [1.165, 1.54) is 24.5 Å². The van der Waals surface area contributed by atoms with Crippen molar-refractivity contribution in [1.82, 2.24) is 10.3 Å². The highest BCUT2D eigenvalue weighted by Crippen LogP contribution is 2.27. The first-order valence-electron chi connectivity index (χ1n) is 8.13. The largest absolute Gasteiger partial charge is 0.372 e. The van der Waals surface area contributed by atoms with E-state index in [1.807, 2.05) is 30.3 Å². The normalized spacial score (nSPS) is 13.2. The summed E-state index contributed by atoms with van der Waals surface area (Å²) in [5, 5.41) is 5.28. The van der Waals surface area contributed by atoms with Crippen LogP contribution in [0.5, 0.6) is 0 Å². The summed E-state index contributed by atoms with van der Waals surface area (Å²) in [6.07, 6.45) is 0. The topological polar surface area (TPSA) is 51.2 Å². The molecule has 26 heavy (non-hydrogen) atoms. The van der Waals surface area contributed by atoms with Gasteiger partial charge in [0, 0.05) is 23.6 Å². The van der Waals surface area contributed by atoms with Crippen LogP contribution in [-0.2, 0) is 10.3 Å². The fourth-order valence-electron chi connectivity index (χ4n) is 2.60. The summed E-state index contributed by atoms with van der Waals surface area (Å²) >= 11 is 1.41. The Morgan fingerprint density at radius 1 is 1.19 bits per heavy atom. The number of amides is 1. The van der Waals surface area contributed by atoms with Crippen molar-refractivity contribution in [2.45, 2.75) is 12.5 Å². The van der Waals surface area contributed by atoms with E-state index in [0.717, 1.165) is 10.6 Å². The van der Waals surface area contributed by atoms with Crippen LogP contribution >= 0.6 is 11.3 Å². The first kappa shape index (κ1) is 18.2. The molecule has 3 rings (SSSR count). The SMILES string of the molecule is CO[C@](C)(CNC(=O)c1csc(-c2ccccc2)n1)c1ccccc1F. The molecule has 1 N–H and O–H groups in total. The van der Waals surface area contributed by atoms with Crippen LogP contribution in [0.1, 0.15) is 23.0 Å². The molecule has 134 valence electrons. The molecule has 0 aliphatic heterocycles. The third-order valence-electron chi connectivity index (χ3n) is 4.24. The summed E-state index contributed by atoms with van der Waals surface area (Å²) in [5.41, 5.74) is 0.718. The molecule has 0 aliphatic rings. The first-order chi connectivity index (χ1) is 12.5. The van der Waals surface area contributed by atoms with Gasteiger partial charge in [0.2, 0.25) is 0 Å². The molecule has 3 aromatic rings. The second-order valence-electron chi connectivity index (χ2n) is 6.00. The van der Waals surface area contributed by atoms with Crippen molar-refractivity contribution in [1.29, 1.82) is 0 Å². The third kappa shape index (κ3) is 3.81. The predicted molar refractivity (Wildman–Crippen MR) is 101 cm³/mol. The molecule has 0 fully saturated rings. The Hall–Kier alpha value is -2.57. The zero-order chi connectivity index (χ0) is 18.6. The van der Waals surface area contributed by atoms with Crippen LogP contribution in [0.25, 0.3) is 10.6 Å². The summed E-state index contributed by atoms with van der Waals surface area (Å²) in [5.74, 6) is -0.686. The Bertz CT molecular complexity index is 898. The fraction of sp³-hybridized carbons (Fsp3) is 0.200. The zero-order valence-electron chi connectivity index (χ0n) is 14.5. The summed E-state index contributed by atoms with van der Waals surface area (Å²) in [6.45, 7) is 1.86. The maximum absolute atomic E-state index is 14.1. The van der Waals surface area contributed by atoms with E-state index < -0.39 is 5.60 Å². The van der Waals surface area contributed by atoms with E-state index in [1.54, 1.807) is 30.5 Å². The van der Waals surface area contributed by atoms with Gasteiger partial charge >= 0.3 is 0 Å². The first-order valence-corrected chi connectivity index (χ1v) is 9.01. The van der Waals surface area contributed by atoms with E-state index in [4.69, 9.17) is 4.74 Å². The van der Waals surface area contributed by atoms with Crippen LogP contribution in [-0.4, -0.2) is 24.5 Å². The standard InChI is InChI=1S/C20H19FN2O2S/c1-20(25-2,15-10-6-7-11-16(15)21)13-22-18(24)17-12-26-19(23-17)14-8-4-3-5-9-14/h3-12H,13H2,1-2H3,(H,22,24)/t20-/m1/s1. The van der Waals surface area contributed by atoms with Gasteiger partial charge in [0.05, 0.1) is 6.54 Å². The average molecular weight is 370 g/mol. The van der Waals surface area contributed by atoms with Gasteiger partial charge in [-0.15, -0.1) is 11.3 Å². The van der Waals surface area contributed by atoms with E-state index in [9.17, 15) is 9.18 Å². The highest BCUT2D eigenvalue weighted by Gasteiger charge is 2.30. The molecule has 0 unspecified atom stereocenters. The number of carbonyl (C=O) groups is 1. The molecule has 0 spiro atoms. The van der Waals surface area contributed by atoms with Gasteiger partial charge < -0.3 is 10.1 Å². The van der Waals surface area contributed by atoms with E-state index in [2.05, 4.69) is 10.3 Å². The monoisotopic (exact) mass is 370 g/mol. The highest BCUT2D eigenvalue weighted by atomic mass is 32.1. The number of carbonyl (C=O) groups excluding carboxylic acids is 1. The van der Waals surface area contributed by atoms with Gasteiger partial charge in [-0.2, -0.15) is 0 Å². The third-order valence-corrected chi connectivity index (χ3v) is 5.13. The Labute approximate surface area is 155 Å². The predicted octanol–water partition coefficient (Wildman–Crippen LogP) is 4.24. The van der Waals surface area contributed by atoms with Crippen LogP contribution in [0.4, 0.5) is 4.39 Å². The Morgan fingerprint density at radius 2 is 1.88 bits per heavy atom. The lowest BCUT2D eigenvalue weighted by molar-refractivity contribution is 0.000356. The second kappa shape index (κ2) is 7.76. The van der Waals surface area contributed by atoms with Gasteiger partial charge in [-0.3, -0.25) is 4.79 Å². The van der Waals surface area contributed by atoms with Gasteiger partial charge in [0.25, 0.3) is 5.91 Å².